The first-order valence-corrected chi connectivity index (χ1v) is 7.49. The second kappa shape index (κ2) is 6.57. The average Bonchev–Trinajstić information content (AvgIpc) is 3.37. The fraction of sp³-hybridized carbons (Fsp3) is 0.333. The van der Waals surface area contributed by atoms with Gasteiger partial charge in [-0.15, -0.1) is 0 Å². The van der Waals surface area contributed by atoms with Crippen LogP contribution in [0.25, 0.3) is 0 Å². The Morgan fingerprint density at radius 2 is 1.88 bits per heavy atom. The van der Waals surface area contributed by atoms with E-state index in [4.69, 9.17) is 4.74 Å². The highest BCUT2D eigenvalue weighted by atomic mass is 16.5. The molecule has 1 aromatic carbocycles. The number of rotatable bonds is 3. The molecule has 4 amide bonds. The maximum Gasteiger partial charge on any atom is 0.327 e. The Morgan fingerprint density at radius 1 is 1.12 bits per heavy atom. The van der Waals surface area contributed by atoms with E-state index in [9.17, 15) is 19.2 Å². The van der Waals surface area contributed by atoms with Crippen molar-refractivity contribution in [2.75, 3.05) is 5.32 Å². The number of benzene rings is 1. The summed E-state index contributed by atoms with van der Waals surface area (Å²) in [6, 6.07) is 6.88. The molecule has 9 heteroatoms. The number of hydrogen-bond donors (Lipinski definition) is 4. The van der Waals surface area contributed by atoms with E-state index in [0.717, 1.165) is 12.8 Å². The molecule has 9 nitrogen and oxygen atoms in total. The number of amides is 4. The first-order chi connectivity index (χ1) is 11.5. The molecule has 1 atom stereocenters. The quantitative estimate of drug-likeness (QED) is 0.426. The highest BCUT2D eigenvalue weighted by Crippen LogP contribution is 2.29. The van der Waals surface area contributed by atoms with Crippen LogP contribution in [0.1, 0.15) is 19.3 Å². The predicted molar refractivity (Wildman–Crippen MR) is 81.6 cm³/mol. The zero-order valence-corrected chi connectivity index (χ0v) is 12.6. The van der Waals surface area contributed by atoms with Crippen molar-refractivity contribution in [3.63, 3.8) is 0 Å². The molecule has 0 saturated heterocycles. The molecular weight excluding hydrogens is 316 g/mol. The third-order valence-electron chi connectivity index (χ3n) is 3.51. The van der Waals surface area contributed by atoms with Crippen LogP contribution in [0.4, 0.5) is 5.69 Å². The van der Waals surface area contributed by atoms with Gasteiger partial charge in [0.2, 0.25) is 5.91 Å². The van der Waals surface area contributed by atoms with Crippen LogP contribution in [-0.4, -0.2) is 35.8 Å². The number of hydrogen-bond acceptors (Lipinski definition) is 5. The topological polar surface area (TPSA) is 126 Å². The number of carbonyl (C=O) groups excluding carboxylic acids is 4. The second-order valence-corrected chi connectivity index (χ2v) is 5.55. The minimum Gasteiger partial charge on any atom is -0.478 e. The van der Waals surface area contributed by atoms with Gasteiger partial charge in [-0.1, -0.05) is 12.1 Å². The monoisotopic (exact) mass is 332 g/mol. The van der Waals surface area contributed by atoms with Crippen LogP contribution in [0.2, 0.25) is 0 Å². The Bertz CT molecular complexity index is 701. The molecule has 24 heavy (non-hydrogen) atoms. The summed E-state index contributed by atoms with van der Waals surface area (Å²) in [6.45, 7) is 0. The van der Waals surface area contributed by atoms with Crippen molar-refractivity contribution in [2.24, 2.45) is 0 Å². The lowest BCUT2D eigenvalue weighted by atomic mass is 10.1. The largest absolute Gasteiger partial charge is 0.478 e. The number of nitrogens with one attached hydrogen (secondary N) is 4. The average molecular weight is 332 g/mol. The molecule has 126 valence electrons. The van der Waals surface area contributed by atoms with Crippen LogP contribution in [0.3, 0.4) is 0 Å². The van der Waals surface area contributed by atoms with Crippen LogP contribution in [0.5, 0.6) is 5.75 Å². The van der Waals surface area contributed by atoms with E-state index in [0.29, 0.717) is 11.4 Å². The molecule has 2 aliphatic rings. The molecule has 1 aromatic rings. The van der Waals surface area contributed by atoms with Crippen LogP contribution >= 0.6 is 0 Å². The molecular formula is C15H16N4O5. The number of para-hydroxylation sites is 2. The van der Waals surface area contributed by atoms with E-state index < -0.39 is 29.7 Å². The second-order valence-electron chi connectivity index (χ2n) is 5.55. The Hall–Kier alpha value is -3.10. The van der Waals surface area contributed by atoms with Gasteiger partial charge < -0.3 is 15.4 Å². The maximum atomic E-state index is 11.9. The fourth-order valence-corrected chi connectivity index (χ4v) is 2.11. The summed E-state index contributed by atoms with van der Waals surface area (Å²) in [6.07, 6.45) is 0.379. The van der Waals surface area contributed by atoms with Crippen molar-refractivity contribution in [3.8, 4) is 5.75 Å². The fourth-order valence-electron chi connectivity index (χ4n) is 2.11. The lowest BCUT2D eigenvalue weighted by molar-refractivity contribution is -0.141. The van der Waals surface area contributed by atoms with Crippen molar-refractivity contribution in [3.05, 3.63) is 24.3 Å². The number of fused-ring (bicyclic) bond motifs is 1. The molecule has 0 bridgehead atoms. The summed E-state index contributed by atoms with van der Waals surface area (Å²) in [5.74, 6) is -2.42. The smallest absolute Gasteiger partial charge is 0.327 e. The molecule has 1 aliphatic heterocycles. The van der Waals surface area contributed by atoms with Gasteiger partial charge >= 0.3 is 11.8 Å². The molecule has 0 unspecified atom stereocenters. The zero-order chi connectivity index (χ0) is 17.1. The molecule has 1 aliphatic carbocycles. The third kappa shape index (κ3) is 3.80. The molecule has 1 fully saturated rings. The van der Waals surface area contributed by atoms with E-state index in [1.54, 1.807) is 24.3 Å². The first-order valence-electron chi connectivity index (χ1n) is 7.49. The summed E-state index contributed by atoms with van der Waals surface area (Å²) in [4.78, 5) is 46.6. The molecule has 0 spiro atoms. The van der Waals surface area contributed by atoms with Crippen LogP contribution in [0.15, 0.2) is 24.3 Å². The van der Waals surface area contributed by atoms with E-state index in [-0.39, 0.29) is 12.5 Å². The summed E-state index contributed by atoms with van der Waals surface area (Å²) in [5, 5.41) is 5.12. The van der Waals surface area contributed by atoms with Gasteiger partial charge in [0, 0.05) is 6.04 Å². The zero-order valence-electron chi connectivity index (χ0n) is 12.6. The Morgan fingerprint density at radius 3 is 2.62 bits per heavy atom. The summed E-state index contributed by atoms with van der Waals surface area (Å²) < 4.78 is 5.47. The molecule has 0 aromatic heterocycles. The van der Waals surface area contributed by atoms with Gasteiger partial charge in [0.05, 0.1) is 12.1 Å². The predicted octanol–water partition coefficient (Wildman–Crippen LogP) is -0.798. The molecule has 4 N–H and O–H groups in total. The maximum absolute atomic E-state index is 11.9. The Labute approximate surface area is 137 Å². The molecule has 3 rings (SSSR count). The minimum atomic E-state index is -1.02. The van der Waals surface area contributed by atoms with E-state index in [1.807, 2.05) is 5.43 Å². The van der Waals surface area contributed by atoms with Gasteiger partial charge in [-0.05, 0) is 25.0 Å². The highest BCUT2D eigenvalue weighted by molar-refractivity contribution is 6.35. The lowest BCUT2D eigenvalue weighted by Crippen LogP contribution is -2.50. The van der Waals surface area contributed by atoms with Crippen molar-refractivity contribution >= 4 is 29.3 Å². The van der Waals surface area contributed by atoms with E-state index in [2.05, 4.69) is 16.1 Å². The number of carbonyl (C=O) groups is 4. The van der Waals surface area contributed by atoms with Crippen LogP contribution in [0, 0.1) is 0 Å². The molecule has 1 saturated carbocycles. The van der Waals surface area contributed by atoms with Crippen molar-refractivity contribution in [1.29, 1.82) is 0 Å². The summed E-state index contributed by atoms with van der Waals surface area (Å²) in [5.41, 5.74) is 4.62. The number of anilines is 1. The van der Waals surface area contributed by atoms with Gasteiger partial charge in [-0.25, -0.2) is 0 Å². The van der Waals surface area contributed by atoms with E-state index in [1.165, 1.54) is 0 Å². The van der Waals surface area contributed by atoms with Crippen LogP contribution in [-0.2, 0) is 19.2 Å². The Kier molecular flexibility index (Phi) is 4.32. The van der Waals surface area contributed by atoms with E-state index >= 15 is 0 Å². The van der Waals surface area contributed by atoms with Crippen LogP contribution < -0.4 is 26.2 Å². The highest BCUT2D eigenvalue weighted by Gasteiger charge is 2.30. The Balaban J connectivity index is 1.47. The van der Waals surface area contributed by atoms with Gasteiger partial charge in [0.1, 0.15) is 5.75 Å². The van der Waals surface area contributed by atoms with Crippen molar-refractivity contribution in [1.82, 2.24) is 16.2 Å². The first kappa shape index (κ1) is 15.8. The van der Waals surface area contributed by atoms with Gasteiger partial charge in [0.15, 0.2) is 6.10 Å². The number of ether oxygens (including phenoxy) is 1. The lowest BCUT2D eigenvalue weighted by Gasteiger charge is -2.25. The summed E-state index contributed by atoms with van der Waals surface area (Å²) >= 11 is 0. The van der Waals surface area contributed by atoms with Crippen molar-refractivity contribution in [2.45, 2.75) is 31.4 Å². The standard InChI is InChI=1S/C15H16N4O5/c20-12(18-19-15(23)14(22)16-8-5-6-8)7-11-13(21)17-9-3-1-2-4-10(9)24-11/h1-4,8,11H,5-7H2,(H,16,22)(H,17,21)(H,18,20)(H,19,23)/t11-/m1/s1. The molecule has 0 radical (unpaired) electrons. The SMILES string of the molecule is O=C(C[C@H]1Oc2ccccc2NC1=O)NNC(=O)C(=O)NC1CC1. The summed E-state index contributed by atoms with van der Waals surface area (Å²) in [7, 11) is 0. The van der Waals surface area contributed by atoms with Gasteiger partial charge in [-0.3, -0.25) is 30.0 Å². The third-order valence-corrected chi connectivity index (χ3v) is 3.51. The van der Waals surface area contributed by atoms with Crippen molar-refractivity contribution < 1.29 is 23.9 Å². The van der Waals surface area contributed by atoms with Gasteiger partial charge in [-0.2, -0.15) is 0 Å². The molecule has 1 heterocycles. The minimum absolute atomic E-state index is 0.0401. The van der Waals surface area contributed by atoms with Gasteiger partial charge in [0.25, 0.3) is 5.91 Å². The normalized spacial score (nSPS) is 18.5. The number of hydrazine groups is 1.